The third-order valence-corrected chi connectivity index (χ3v) is 5.70. The fourth-order valence-corrected chi connectivity index (χ4v) is 4.10. The number of rotatable bonds is 4. The van der Waals surface area contributed by atoms with Crippen LogP contribution in [0.4, 0.5) is 0 Å². The van der Waals surface area contributed by atoms with Crippen molar-refractivity contribution in [3.8, 4) is 0 Å². The predicted octanol–water partition coefficient (Wildman–Crippen LogP) is 3.81. The molecule has 0 amide bonds. The zero-order valence-electron chi connectivity index (χ0n) is 14.2. The maximum absolute atomic E-state index is 5.76. The van der Waals surface area contributed by atoms with E-state index >= 15 is 0 Å². The van der Waals surface area contributed by atoms with Crippen LogP contribution in [0.25, 0.3) is 0 Å². The highest BCUT2D eigenvalue weighted by Gasteiger charge is 2.46. The van der Waals surface area contributed by atoms with Crippen molar-refractivity contribution in [1.29, 1.82) is 0 Å². The van der Waals surface area contributed by atoms with Crippen LogP contribution in [0.1, 0.15) is 63.2 Å². The third-order valence-electron chi connectivity index (χ3n) is 5.70. The molecule has 0 spiro atoms. The summed E-state index contributed by atoms with van der Waals surface area (Å²) >= 11 is 0. The summed E-state index contributed by atoms with van der Waals surface area (Å²) in [5, 5.41) is 3.85. The second-order valence-electron chi connectivity index (χ2n) is 7.35. The fraction of sp³-hybridized carbons (Fsp3) is 0.778. The minimum Gasteiger partial charge on any atom is -0.466 e. The Labute approximate surface area is 129 Å². The first kappa shape index (κ1) is 15.1. The Bertz CT molecular complexity index is 505. The van der Waals surface area contributed by atoms with E-state index in [0.717, 1.165) is 30.5 Å². The zero-order valence-corrected chi connectivity index (χ0v) is 14.2. The van der Waals surface area contributed by atoms with Gasteiger partial charge in [0.05, 0.1) is 0 Å². The molecule has 0 aromatic carbocycles. The molecule has 3 heteroatoms. The summed E-state index contributed by atoms with van der Waals surface area (Å²) in [6.45, 7) is 13.5. The Morgan fingerprint density at radius 1 is 1.43 bits per heavy atom. The van der Waals surface area contributed by atoms with Crippen LogP contribution in [0.5, 0.6) is 0 Å². The lowest BCUT2D eigenvalue weighted by Crippen LogP contribution is -2.64. The molecule has 1 N–H and O–H groups in total. The molecule has 1 aromatic rings. The van der Waals surface area contributed by atoms with Gasteiger partial charge in [0.1, 0.15) is 11.5 Å². The van der Waals surface area contributed by atoms with Crippen LogP contribution in [-0.4, -0.2) is 29.6 Å². The van der Waals surface area contributed by atoms with Gasteiger partial charge in [-0.2, -0.15) is 0 Å². The molecule has 1 saturated carbocycles. The van der Waals surface area contributed by atoms with Gasteiger partial charge < -0.3 is 9.73 Å². The van der Waals surface area contributed by atoms with Crippen LogP contribution in [0.15, 0.2) is 10.5 Å². The Hall–Kier alpha value is -0.800. The number of nitrogens with zero attached hydrogens (tertiary/aromatic N) is 1. The summed E-state index contributed by atoms with van der Waals surface area (Å²) in [7, 11) is 0. The molecule has 2 aliphatic rings. The van der Waals surface area contributed by atoms with Gasteiger partial charge in [-0.05, 0) is 58.9 Å². The standard InChI is InChI=1S/C18H30N2O/c1-6-16-10-19-18(5,15-7-8-15)11-20(16)13(3)17-9-12(2)21-14(17)4/h9,13,15-16,19H,6-8,10-11H2,1-5H3. The molecule has 3 atom stereocenters. The van der Waals surface area contributed by atoms with Crippen molar-refractivity contribution in [1.82, 2.24) is 10.2 Å². The lowest BCUT2D eigenvalue weighted by molar-refractivity contribution is 0.0414. The topological polar surface area (TPSA) is 28.4 Å². The first-order valence-corrected chi connectivity index (χ1v) is 8.52. The summed E-state index contributed by atoms with van der Waals surface area (Å²) in [4.78, 5) is 2.71. The molecule has 21 heavy (non-hydrogen) atoms. The molecule has 0 bridgehead atoms. The number of hydrogen-bond acceptors (Lipinski definition) is 3. The Kier molecular flexibility index (Phi) is 3.91. The first-order valence-electron chi connectivity index (χ1n) is 8.52. The fourth-order valence-electron chi connectivity index (χ4n) is 4.10. The lowest BCUT2D eigenvalue weighted by Gasteiger charge is -2.49. The third kappa shape index (κ3) is 2.78. The summed E-state index contributed by atoms with van der Waals surface area (Å²) in [5.74, 6) is 2.99. The molecular weight excluding hydrogens is 260 g/mol. The van der Waals surface area contributed by atoms with Crippen LogP contribution in [0, 0.1) is 19.8 Å². The van der Waals surface area contributed by atoms with Crippen LogP contribution < -0.4 is 5.32 Å². The summed E-state index contributed by atoms with van der Waals surface area (Å²) in [6, 6.07) is 3.29. The number of aryl methyl sites for hydroxylation is 2. The highest BCUT2D eigenvalue weighted by molar-refractivity contribution is 5.24. The van der Waals surface area contributed by atoms with Crippen molar-refractivity contribution < 1.29 is 4.42 Å². The van der Waals surface area contributed by atoms with Crippen LogP contribution >= 0.6 is 0 Å². The van der Waals surface area contributed by atoms with Crippen molar-refractivity contribution in [2.24, 2.45) is 5.92 Å². The molecular formula is C18H30N2O. The highest BCUT2D eigenvalue weighted by Crippen LogP contribution is 2.43. The van der Waals surface area contributed by atoms with Crippen molar-refractivity contribution >= 4 is 0 Å². The Morgan fingerprint density at radius 2 is 2.14 bits per heavy atom. The normalized spacial score (nSPS) is 32.3. The van der Waals surface area contributed by atoms with Crippen molar-refractivity contribution in [2.45, 2.75) is 71.5 Å². The minimum absolute atomic E-state index is 0.298. The van der Waals surface area contributed by atoms with E-state index in [0.29, 0.717) is 17.6 Å². The van der Waals surface area contributed by atoms with Crippen LogP contribution in [-0.2, 0) is 0 Å². The van der Waals surface area contributed by atoms with Gasteiger partial charge in [0, 0.05) is 36.3 Å². The molecule has 2 heterocycles. The molecule has 3 rings (SSSR count). The Balaban J connectivity index is 1.83. The summed E-state index contributed by atoms with van der Waals surface area (Å²) in [5.41, 5.74) is 1.66. The van der Waals surface area contributed by atoms with Crippen molar-refractivity contribution in [2.75, 3.05) is 13.1 Å². The monoisotopic (exact) mass is 290 g/mol. The molecule has 1 aliphatic heterocycles. The van der Waals surface area contributed by atoms with E-state index in [1.54, 1.807) is 0 Å². The SMILES string of the molecule is CCC1CNC(C)(C2CC2)CN1C(C)c1cc(C)oc1C. The molecule has 1 aromatic heterocycles. The van der Waals surface area contributed by atoms with E-state index in [1.165, 1.54) is 24.8 Å². The summed E-state index contributed by atoms with van der Waals surface area (Å²) < 4.78 is 5.76. The first-order chi connectivity index (χ1) is 9.94. The maximum atomic E-state index is 5.76. The van der Waals surface area contributed by atoms with Crippen LogP contribution in [0.3, 0.4) is 0 Å². The van der Waals surface area contributed by atoms with Gasteiger partial charge in [-0.25, -0.2) is 0 Å². The molecule has 3 unspecified atom stereocenters. The molecule has 118 valence electrons. The van der Waals surface area contributed by atoms with Gasteiger partial charge >= 0.3 is 0 Å². The largest absolute Gasteiger partial charge is 0.466 e. The van der Waals surface area contributed by atoms with E-state index in [2.05, 4.69) is 44.0 Å². The smallest absolute Gasteiger partial charge is 0.105 e. The quantitative estimate of drug-likeness (QED) is 0.914. The molecule has 1 saturated heterocycles. The average Bonchev–Trinajstić information content (AvgIpc) is 3.24. The van der Waals surface area contributed by atoms with Crippen LogP contribution in [0.2, 0.25) is 0 Å². The van der Waals surface area contributed by atoms with E-state index in [4.69, 9.17) is 4.42 Å². The van der Waals surface area contributed by atoms with E-state index < -0.39 is 0 Å². The van der Waals surface area contributed by atoms with Gasteiger partial charge in [-0.1, -0.05) is 6.92 Å². The molecule has 3 nitrogen and oxygen atoms in total. The van der Waals surface area contributed by atoms with Crippen molar-refractivity contribution in [3.05, 3.63) is 23.2 Å². The van der Waals surface area contributed by atoms with E-state index in [-0.39, 0.29) is 0 Å². The van der Waals surface area contributed by atoms with Crippen molar-refractivity contribution in [3.63, 3.8) is 0 Å². The van der Waals surface area contributed by atoms with E-state index in [1.807, 2.05) is 6.92 Å². The predicted molar refractivity (Wildman–Crippen MR) is 86.5 cm³/mol. The Morgan fingerprint density at radius 3 is 2.67 bits per heavy atom. The van der Waals surface area contributed by atoms with E-state index in [9.17, 15) is 0 Å². The van der Waals surface area contributed by atoms with Gasteiger partial charge in [0.25, 0.3) is 0 Å². The second-order valence-corrected chi connectivity index (χ2v) is 7.35. The number of piperazine rings is 1. The molecule has 2 fully saturated rings. The summed E-state index contributed by atoms with van der Waals surface area (Å²) in [6.07, 6.45) is 3.99. The van der Waals surface area contributed by atoms with Gasteiger partial charge in [0.2, 0.25) is 0 Å². The highest BCUT2D eigenvalue weighted by atomic mass is 16.3. The number of nitrogens with one attached hydrogen (secondary N) is 1. The molecule has 1 aliphatic carbocycles. The van der Waals surface area contributed by atoms with Gasteiger partial charge in [0.15, 0.2) is 0 Å². The lowest BCUT2D eigenvalue weighted by atomic mass is 9.88. The minimum atomic E-state index is 0.298. The second kappa shape index (κ2) is 5.44. The number of hydrogen-bond donors (Lipinski definition) is 1. The van der Waals surface area contributed by atoms with Gasteiger partial charge in [-0.15, -0.1) is 0 Å². The average molecular weight is 290 g/mol. The zero-order chi connectivity index (χ0) is 15.2. The maximum Gasteiger partial charge on any atom is 0.105 e. The number of furan rings is 1. The molecule has 0 radical (unpaired) electrons. The van der Waals surface area contributed by atoms with Gasteiger partial charge in [-0.3, -0.25) is 4.90 Å².